The second kappa shape index (κ2) is 34.0. The van der Waals surface area contributed by atoms with Gasteiger partial charge in [0.05, 0.1) is 60.1 Å². The van der Waals surface area contributed by atoms with Gasteiger partial charge in [-0.15, -0.1) is 0 Å². The van der Waals surface area contributed by atoms with Crippen LogP contribution in [0.4, 0.5) is 5.69 Å². The highest BCUT2D eigenvalue weighted by Crippen LogP contribution is 2.42. The first-order valence-corrected chi connectivity index (χ1v) is 34.8. The fourth-order valence-electron chi connectivity index (χ4n) is 13.0. The van der Waals surface area contributed by atoms with E-state index in [1.807, 2.05) is 129 Å². The smallest absolute Gasteiger partial charge is 0.255 e. The molecular weight excluding hydrogens is 1260 g/mol. The fourth-order valence-corrected chi connectivity index (χ4v) is 13.0. The number of benzene rings is 5. The quantitative estimate of drug-likeness (QED) is 0.0492. The number of rotatable bonds is 22. The van der Waals surface area contributed by atoms with Crippen LogP contribution in [0, 0.1) is 5.41 Å². The van der Waals surface area contributed by atoms with Gasteiger partial charge in [-0.1, -0.05) is 171 Å². The molecule has 5 heterocycles. The number of fused-ring (bicyclic) bond motifs is 7. The average molecular weight is 1360 g/mol. The molecule has 1 unspecified atom stereocenters. The first-order chi connectivity index (χ1) is 49.4. The monoisotopic (exact) mass is 1360 g/mol. The van der Waals surface area contributed by atoms with Gasteiger partial charge >= 0.3 is 0 Å². The summed E-state index contributed by atoms with van der Waals surface area (Å²) in [6.45, 7) is 19.4. The van der Waals surface area contributed by atoms with Crippen LogP contribution in [0.15, 0.2) is 281 Å². The molecule has 4 aliphatic rings. The lowest BCUT2D eigenvalue weighted by Gasteiger charge is -2.32. The molecule has 8 bridgehead atoms. The van der Waals surface area contributed by atoms with Crippen LogP contribution in [0.1, 0.15) is 131 Å². The highest BCUT2D eigenvalue weighted by molar-refractivity contribution is 6.30. The van der Waals surface area contributed by atoms with Crippen LogP contribution < -0.4 is 49.8 Å². The standard InChI is InChI=1S/C88H89N5O7.C2H6/c1-56(19-14-15-20-57(2)22-17-24-59(4)27-37-74-60(5)25-18-46-88(74,6)7)21-16-23-58(3)26-28-61-29-31-63(32-30-61)87(94)89-67-35-33-62(34-36-67)83-75-38-40-77(90-75)84(64-47-68(95-8)53-69(48-64)96-9)79-42-44-81(92-79)86(66-51-72(99-12)55-73(52-66)100-13)82-45-43-80(93-82)85(78-41-39-76(83)91-78)65-49-70(97-10)54-71(50-65)98-11;1-2/h14-17,19-24,26-45,47-55,77,90-92H,18,25,46H2,1-13H3,(H,89,94);1-2H3/b15-14+,21-16+,22-17+,28-26+,37-27+,56-19+,57-20+,58-23+,59-24+,83-75-,84-79-,85-80-,86-81-;. The Morgan fingerprint density at radius 3 is 1.57 bits per heavy atom. The zero-order valence-electron chi connectivity index (χ0n) is 61.5. The molecule has 7 aromatic rings. The Labute approximate surface area is 602 Å². The van der Waals surface area contributed by atoms with Crippen molar-refractivity contribution in [2.75, 3.05) is 48.0 Å². The van der Waals surface area contributed by atoms with Crippen LogP contribution in [0.25, 0.3) is 28.4 Å². The number of allylic oxidation sites excluding steroid dienone is 22. The summed E-state index contributed by atoms with van der Waals surface area (Å²) >= 11 is 0. The molecule has 2 aromatic heterocycles. The minimum absolute atomic E-state index is 0.220. The van der Waals surface area contributed by atoms with Crippen molar-refractivity contribution in [2.24, 2.45) is 10.4 Å². The van der Waals surface area contributed by atoms with Gasteiger partial charge in [-0.25, -0.2) is 4.99 Å². The van der Waals surface area contributed by atoms with Gasteiger partial charge in [-0.05, 0) is 196 Å². The molecule has 1 aliphatic carbocycles. The summed E-state index contributed by atoms with van der Waals surface area (Å²) < 4.78 is 35.1. The molecule has 522 valence electrons. The Hall–Kier alpha value is -11.5. The van der Waals surface area contributed by atoms with Crippen LogP contribution in [0.2, 0.25) is 0 Å². The maximum atomic E-state index is 13.9. The second-order valence-corrected chi connectivity index (χ2v) is 26.0. The summed E-state index contributed by atoms with van der Waals surface area (Å²) in [6.07, 6.45) is 41.9. The minimum Gasteiger partial charge on any atom is -0.497 e. The van der Waals surface area contributed by atoms with Gasteiger partial charge in [0.1, 0.15) is 34.5 Å². The van der Waals surface area contributed by atoms with Crippen molar-refractivity contribution >= 4 is 45.7 Å². The predicted molar refractivity (Wildman–Crippen MR) is 422 cm³/mol. The summed E-state index contributed by atoms with van der Waals surface area (Å²) in [5.41, 5.74) is 20.8. The van der Waals surface area contributed by atoms with E-state index in [1.54, 1.807) is 42.7 Å². The first-order valence-electron chi connectivity index (χ1n) is 34.8. The number of ether oxygens (including phenoxy) is 6. The van der Waals surface area contributed by atoms with Gasteiger partial charge in [0.15, 0.2) is 0 Å². The third-order valence-corrected chi connectivity index (χ3v) is 18.4. The van der Waals surface area contributed by atoms with E-state index in [-0.39, 0.29) is 17.4 Å². The zero-order chi connectivity index (χ0) is 72.5. The van der Waals surface area contributed by atoms with E-state index in [0.717, 1.165) is 89.0 Å². The number of nitrogens with zero attached hydrogens (tertiary/aromatic N) is 1. The number of H-pyrrole nitrogens is 2. The van der Waals surface area contributed by atoms with E-state index < -0.39 is 0 Å². The highest BCUT2D eigenvalue weighted by Gasteiger charge is 2.29. The van der Waals surface area contributed by atoms with Gasteiger partial charge < -0.3 is 49.0 Å². The molecule has 0 fully saturated rings. The van der Waals surface area contributed by atoms with Gasteiger partial charge in [0.25, 0.3) is 5.91 Å². The maximum absolute atomic E-state index is 13.9. The zero-order valence-corrected chi connectivity index (χ0v) is 61.5. The Bertz CT molecular complexity index is 4830. The molecule has 1 amide bonds. The number of aromatic amines is 2. The van der Waals surface area contributed by atoms with Crippen molar-refractivity contribution in [1.82, 2.24) is 15.3 Å². The van der Waals surface area contributed by atoms with Crippen LogP contribution in [0.3, 0.4) is 0 Å². The summed E-state index contributed by atoms with van der Waals surface area (Å²) in [5.74, 6) is 3.57. The first kappa shape index (κ1) is 73.2. The van der Waals surface area contributed by atoms with E-state index in [4.69, 9.17) is 33.4 Å². The van der Waals surface area contributed by atoms with Gasteiger partial charge in [-0.2, -0.15) is 0 Å². The summed E-state index contributed by atoms with van der Waals surface area (Å²) in [5, 5.41) is 8.74. The van der Waals surface area contributed by atoms with Gasteiger partial charge in [0, 0.05) is 79.5 Å². The number of hydrogen-bond donors (Lipinski definition) is 4. The molecule has 3 aliphatic heterocycles. The van der Waals surface area contributed by atoms with Crippen LogP contribution >= 0.6 is 0 Å². The summed E-state index contributed by atoms with van der Waals surface area (Å²) in [6, 6.07) is 41.1. The molecule has 11 rings (SSSR count). The van der Waals surface area contributed by atoms with Crippen molar-refractivity contribution in [2.45, 2.75) is 87.6 Å². The molecule has 12 heteroatoms. The number of anilines is 1. The van der Waals surface area contributed by atoms with Crippen LogP contribution in [0.5, 0.6) is 34.5 Å². The Morgan fingerprint density at radius 2 is 1.02 bits per heavy atom. The molecule has 1 atom stereocenters. The Balaban J connectivity index is 0.00000555. The largest absolute Gasteiger partial charge is 0.497 e. The van der Waals surface area contributed by atoms with Gasteiger partial charge in [-0.3, -0.25) is 4.79 Å². The van der Waals surface area contributed by atoms with Crippen molar-refractivity contribution < 1.29 is 33.2 Å². The summed E-state index contributed by atoms with van der Waals surface area (Å²) in [4.78, 5) is 27.1. The fraction of sp³-hybridized carbons (Fsp3) is 0.222. The molecule has 0 spiro atoms. The molecular formula is C90H95N5O7. The topological polar surface area (TPSA) is 140 Å². The van der Waals surface area contributed by atoms with Crippen LogP contribution in [-0.2, 0) is 0 Å². The average Bonchev–Trinajstić information content (AvgIpc) is 1.63. The third kappa shape index (κ3) is 17.9. The number of nitrogens with one attached hydrogen (secondary N) is 4. The minimum atomic E-state index is -0.361. The molecule has 12 nitrogen and oxygen atoms in total. The molecule has 0 saturated carbocycles. The lowest BCUT2D eigenvalue weighted by atomic mass is 9.72. The summed E-state index contributed by atoms with van der Waals surface area (Å²) in [7, 11) is 9.89. The molecule has 0 saturated heterocycles. The molecule has 5 aromatic carbocycles. The molecule has 4 N–H and O–H groups in total. The second-order valence-electron chi connectivity index (χ2n) is 26.0. The molecule has 102 heavy (non-hydrogen) atoms. The lowest BCUT2D eigenvalue weighted by molar-refractivity contribution is 0.102. The van der Waals surface area contributed by atoms with Crippen LogP contribution in [-0.4, -0.2) is 70.3 Å². The number of aliphatic imine (C=N–C) groups is 1. The number of carbonyl (C=O) groups excluding carboxylic acids is 1. The van der Waals surface area contributed by atoms with Crippen molar-refractivity contribution in [3.8, 4) is 34.5 Å². The third-order valence-electron chi connectivity index (χ3n) is 18.4. The number of aromatic nitrogens is 2. The Kier molecular flexibility index (Phi) is 24.4. The van der Waals surface area contributed by atoms with Crippen molar-refractivity contribution in [3.05, 3.63) is 331 Å². The number of methoxy groups -OCH3 is 6. The van der Waals surface area contributed by atoms with E-state index in [2.05, 4.69) is 191 Å². The Morgan fingerprint density at radius 1 is 0.520 bits per heavy atom. The van der Waals surface area contributed by atoms with Crippen molar-refractivity contribution in [1.29, 1.82) is 0 Å². The lowest BCUT2D eigenvalue weighted by Crippen LogP contribution is -2.30. The van der Waals surface area contributed by atoms with E-state index >= 15 is 0 Å². The normalized spacial score (nSPS) is 18.9. The number of amides is 1. The van der Waals surface area contributed by atoms with E-state index in [9.17, 15) is 4.79 Å². The van der Waals surface area contributed by atoms with Crippen molar-refractivity contribution in [3.63, 3.8) is 0 Å². The molecule has 0 radical (unpaired) electrons. The SMILES string of the molecule is CC.COc1cc(OC)cc(/C2=C3\C=CC(=N3)/C(c3cc(OC)cc(OC)c3)=c3/cc/c([nH]3)=C(\c3cc(OC)cc(OC)c3)C3C=C/C(=C(\c4ccc(NC(=O)c5ccc(/C=C/C(C)=C/C=C/C(C)=C/C=C/C=C(C)/C=C/C=C(C)/C=C/C6=C(C)CCCC6(C)C)cc5)cc4)c4ccc2[nH]4)N3)c1. The van der Waals surface area contributed by atoms with E-state index in [0.29, 0.717) is 57.2 Å². The van der Waals surface area contributed by atoms with E-state index in [1.165, 1.54) is 41.6 Å². The van der Waals surface area contributed by atoms with Gasteiger partial charge in [0.2, 0.25) is 0 Å². The predicted octanol–water partition coefficient (Wildman–Crippen LogP) is 19.4. The number of hydrogen-bond acceptors (Lipinski definition) is 9. The highest BCUT2D eigenvalue weighted by atomic mass is 16.5. The maximum Gasteiger partial charge on any atom is 0.255 e. The number of carbonyl (C=O) groups is 1.